The van der Waals surface area contributed by atoms with Gasteiger partial charge in [-0.15, -0.1) is 5.75 Å². The average molecular weight is 296 g/mol. The van der Waals surface area contributed by atoms with Crippen LogP contribution in [0.4, 0.5) is 5.69 Å². The molecule has 0 spiro atoms. The molecule has 1 aromatic rings. The minimum atomic E-state index is -0.620. The first kappa shape index (κ1) is 13.5. The molecule has 1 aliphatic heterocycles. The Morgan fingerprint density at radius 1 is 1.47 bits per heavy atom. The Bertz CT molecular complexity index is 629. The fourth-order valence-electron chi connectivity index (χ4n) is 1.38. The molecular weight excluding hydrogens is 290 g/mol. The van der Waals surface area contributed by atoms with Crippen molar-refractivity contribution in [3.05, 3.63) is 38.8 Å². The smallest absolute Gasteiger partial charge is 0.280 e. The van der Waals surface area contributed by atoms with Gasteiger partial charge in [-0.1, -0.05) is 30.0 Å². The lowest BCUT2D eigenvalue weighted by Crippen LogP contribution is -2.34. The van der Waals surface area contributed by atoms with E-state index < -0.39 is 16.6 Å². The second-order valence-electron chi connectivity index (χ2n) is 3.53. The molecule has 0 aromatic heterocycles. The zero-order valence-electron chi connectivity index (χ0n) is 9.23. The minimum Gasteiger partial charge on any atom is -0.872 e. The number of nitrogens with zero attached hydrogens (tertiary/aromatic N) is 2. The molecule has 1 amide bonds. The fraction of sp³-hybridized carbons (Fsp3) is 0. The van der Waals surface area contributed by atoms with Gasteiger partial charge >= 0.3 is 0 Å². The highest BCUT2D eigenvalue weighted by Gasteiger charge is 2.29. The lowest BCUT2D eigenvalue weighted by molar-refractivity contribution is -0.385. The van der Waals surface area contributed by atoms with Gasteiger partial charge in [0, 0.05) is 12.1 Å². The van der Waals surface area contributed by atoms with Crippen LogP contribution in [-0.2, 0) is 4.79 Å². The van der Waals surface area contributed by atoms with Crippen molar-refractivity contribution in [2.45, 2.75) is 0 Å². The van der Waals surface area contributed by atoms with Crippen molar-refractivity contribution in [3.63, 3.8) is 0 Å². The summed E-state index contributed by atoms with van der Waals surface area (Å²) in [6, 6.07) is 3.28. The largest absolute Gasteiger partial charge is 0.872 e. The molecule has 1 aromatic carbocycles. The van der Waals surface area contributed by atoms with Gasteiger partial charge in [0.15, 0.2) is 4.32 Å². The number of nitro benzene ring substituents is 1. The van der Waals surface area contributed by atoms with E-state index >= 15 is 0 Å². The van der Waals surface area contributed by atoms with E-state index in [1.165, 1.54) is 6.08 Å². The molecule has 2 N–H and O–H groups in total. The molecule has 7 nitrogen and oxygen atoms in total. The number of non-ortho nitro benzene ring substituents is 1. The van der Waals surface area contributed by atoms with Gasteiger partial charge < -0.3 is 5.11 Å². The van der Waals surface area contributed by atoms with Gasteiger partial charge in [-0.25, -0.2) is 10.9 Å². The normalized spacial score (nSPS) is 17.3. The monoisotopic (exact) mass is 296 g/mol. The molecule has 0 saturated carbocycles. The van der Waals surface area contributed by atoms with Gasteiger partial charge in [0.1, 0.15) is 0 Å². The van der Waals surface area contributed by atoms with Crippen molar-refractivity contribution in [1.29, 1.82) is 0 Å². The molecule has 9 heteroatoms. The van der Waals surface area contributed by atoms with E-state index in [0.29, 0.717) is 0 Å². The van der Waals surface area contributed by atoms with Crippen LogP contribution < -0.4 is 10.9 Å². The summed E-state index contributed by atoms with van der Waals surface area (Å²) in [7, 11) is 0. The molecule has 0 atom stereocenters. The maximum Gasteiger partial charge on any atom is 0.280 e. The van der Waals surface area contributed by atoms with Gasteiger partial charge in [0.25, 0.3) is 11.6 Å². The SMILES string of the molecule is NN1C(=O)/C(=C/c2cc([N+](=O)[O-])ccc2[O-])SC1=S. The lowest BCUT2D eigenvalue weighted by Gasteiger charge is -2.09. The highest BCUT2D eigenvalue weighted by molar-refractivity contribution is 8.26. The van der Waals surface area contributed by atoms with Gasteiger partial charge in [-0.05, 0) is 11.6 Å². The molecule has 0 radical (unpaired) electrons. The molecule has 2 rings (SSSR count). The number of thioether (sulfide) groups is 1. The third-order valence-corrected chi connectivity index (χ3v) is 3.64. The molecule has 0 unspecified atom stereocenters. The number of benzene rings is 1. The molecule has 1 saturated heterocycles. The van der Waals surface area contributed by atoms with Crippen LogP contribution in [0.15, 0.2) is 23.1 Å². The van der Waals surface area contributed by atoms with Crippen LogP contribution >= 0.6 is 24.0 Å². The topological polar surface area (TPSA) is 113 Å². The fourth-order valence-corrected chi connectivity index (χ4v) is 2.48. The molecule has 0 bridgehead atoms. The number of amides is 1. The van der Waals surface area contributed by atoms with E-state index in [1.54, 1.807) is 0 Å². The van der Waals surface area contributed by atoms with Crippen LogP contribution in [0.1, 0.15) is 5.56 Å². The number of carbonyl (C=O) groups excluding carboxylic acids is 1. The Balaban J connectivity index is 2.43. The number of rotatable bonds is 2. The van der Waals surface area contributed by atoms with Gasteiger partial charge in [-0.3, -0.25) is 14.9 Å². The summed E-state index contributed by atoms with van der Waals surface area (Å²) in [5, 5.41) is 23.0. The number of nitro groups is 1. The van der Waals surface area contributed by atoms with Crippen LogP contribution in [0.25, 0.3) is 6.08 Å². The molecule has 19 heavy (non-hydrogen) atoms. The second kappa shape index (κ2) is 4.96. The van der Waals surface area contributed by atoms with Crippen molar-refractivity contribution < 1.29 is 14.8 Å². The number of hydrazine groups is 1. The summed E-state index contributed by atoms with van der Waals surface area (Å²) in [5.74, 6) is 4.41. The summed E-state index contributed by atoms with van der Waals surface area (Å²) >= 11 is 5.76. The summed E-state index contributed by atoms with van der Waals surface area (Å²) < 4.78 is 0.161. The number of hydrogen-bond acceptors (Lipinski definition) is 7. The Morgan fingerprint density at radius 3 is 2.68 bits per heavy atom. The van der Waals surface area contributed by atoms with Crippen LogP contribution in [0.5, 0.6) is 5.75 Å². The Kier molecular flexibility index (Phi) is 3.51. The zero-order valence-corrected chi connectivity index (χ0v) is 10.9. The van der Waals surface area contributed by atoms with Crippen LogP contribution in [-0.4, -0.2) is 20.2 Å². The zero-order chi connectivity index (χ0) is 14.2. The second-order valence-corrected chi connectivity index (χ2v) is 5.21. The Morgan fingerprint density at radius 2 is 2.16 bits per heavy atom. The summed E-state index contributed by atoms with van der Waals surface area (Å²) in [6.07, 6.45) is 1.25. The maximum absolute atomic E-state index is 11.6. The van der Waals surface area contributed by atoms with E-state index in [0.717, 1.165) is 35.0 Å². The number of carbonyl (C=O) groups is 1. The quantitative estimate of drug-likeness (QED) is 0.214. The average Bonchev–Trinajstić information content (AvgIpc) is 2.59. The predicted octanol–water partition coefficient (Wildman–Crippen LogP) is 0.743. The first-order valence-electron chi connectivity index (χ1n) is 4.88. The van der Waals surface area contributed by atoms with Gasteiger partial charge in [0.05, 0.1) is 9.83 Å². The van der Waals surface area contributed by atoms with Crippen molar-refractivity contribution in [2.75, 3.05) is 0 Å². The van der Waals surface area contributed by atoms with E-state index in [9.17, 15) is 20.0 Å². The predicted molar refractivity (Wildman–Crippen MR) is 71.7 cm³/mol. The highest BCUT2D eigenvalue weighted by atomic mass is 32.2. The molecule has 1 heterocycles. The first-order chi connectivity index (χ1) is 8.90. The van der Waals surface area contributed by atoms with E-state index in [4.69, 9.17) is 18.1 Å². The van der Waals surface area contributed by atoms with Crippen molar-refractivity contribution in [2.24, 2.45) is 5.84 Å². The summed E-state index contributed by atoms with van der Waals surface area (Å²) in [5.41, 5.74) is -0.183. The third-order valence-electron chi connectivity index (χ3n) is 2.31. The molecule has 1 aliphatic rings. The molecule has 0 aliphatic carbocycles. The third kappa shape index (κ3) is 2.57. The standard InChI is InChI=1S/C10H7N3O4S2/c11-12-9(15)8(19-10(12)18)4-5-3-6(13(16)17)1-2-7(5)14/h1-4,14H,11H2/p-1/b8-4-. The first-order valence-corrected chi connectivity index (χ1v) is 6.10. The lowest BCUT2D eigenvalue weighted by atomic mass is 10.1. The minimum absolute atomic E-state index is 0.0446. The highest BCUT2D eigenvalue weighted by Crippen LogP contribution is 2.32. The number of thiocarbonyl (C=S) groups is 1. The maximum atomic E-state index is 11.6. The van der Waals surface area contributed by atoms with Gasteiger partial charge in [-0.2, -0.15) is 0 Å². The molecule has 98 valence electrons. The molecule has 1 fully saturated rings. The van der Waals surface area contributed by atoms with Crippen LogP contribution in [0.2, 0.25) is 0 Å². The summed E-state index contributed by atoms with van der Waals surface area (Å²) in [4.78, 5) is 21.8. The summed E-state index contributed by atoms with van der Waals surface area (Å²) in [6.45, 7) is 0. The Labute approximate surface area is 116 Å². The van der Waals surface area contributed by atoms with E-state index in [1.807, 2.05) is 0 Å². The van der Waals surface area contributed by atoms with Crippen LogP contribution in [0.3, 0.4) is 0 Å². The molecular formula is C10H6N3O4S2-. The number of hydrogen-bond donors (Lipinski definition) is 1. The Hall–Kier alpha value is -1.97. The van der Waals surface area contributed by atoms with Gasteiger partial charge in [0.2, 0.25) is 0 Å². The van der Waals surface area contributed by atoms with Crippen molar-refractivity contribution in [3.8, 4) is 5.75 Å². The van der Waals surface area contributed by atoms with E-state index in [2.05, 4.69) is 0 Å². The van der Waals surface area contributed by atoms with Crippen molar-refractivity contribution in [1.82, 2.24) is 5.01 Å². The van der Waals surface area contributed by atoms with E-state index in [-0.39, 0.29) is 20.5 Å². The number of nitrogens with two attached hydrogens (primary N) is 1. The van der Waals surface area contributed by atoms with Crippen molar-refractivity contribution >= 4 is 46.0 Å². The van der Waals surface area contributed by atoms with Crippen LogP contribution in [0, 0.1) is 10.1 Å².